The second-order valence-electron chi connectivity index (χ2n) is 6.31. The maximum absolute atomic E-state index is 12.4. The molecule has 1 aromatic heterocycles. The van der Waals surface area contributed by atoms with Crippen molar-refractivity contribution < 1.29 is 22.7 Å². The normalized spacial score (nSPS) is 11.3. The first-order chi connectivity index (χ1) is 13.7. The Balaban J connectivity index is 1.69. The number of ether oxygens (including phenoxy) is 1. The Kier molecular flexibility index (Phi) is 6.12. The maximum Gasteiger partial charge on any atom is 0.422 e. The van der Waals surface area contributed by atoms with Gasteiger partial charge in [-0.15, -0.1) is 0 Å². The van der Waals surface area contributed by atoms with Crippen LogP contribution in [0.3, 0.4) is 0 Å². The van der Waals surface area contributed by atoms with Crippen LogP contribution in [0, 0.1) is 6.92 Å². The minimum atomic E-state index is -4.45. The molecule has 0 unspecified atom stereocenters. The molecule has 1 heterocycles. The van der Waals surface area contributed by atoms with Crippen molar-refractivity contribution in [3.8, 4) is 5.75 Å². The van der Waals surface area contributed by atoms with Crippen LogP contribution < -0.4 is 10.1 Å². The van der Waals surface area contributed by atoms with E-state index in [2.05, 4.69) is 15.2 Å². The predicted octanol–water partition coefficient (Wildman–Crippen LogP) is 5.09. The highest BCUT2D eigenvalue weighted by Gasteiger charge is 2.28. The molecular weight excluding hydrogens is 407 g/mol. The van der Waals surface area contributed by atoms with Crippen LogP contribution in [0.1, 0.15) is 21.6 Å². The molecule has 0 saturated carbocycles. The lowest BCUT2D eigenvalue weighted by molar-refractivity contribution is -0.153. The summed E-state index contributed by atoms with van der Waals surface area (Å²) in [7, 11) is 0. The number of nitrogens with zero attached hydrogens (tertiary/aromatic N) is 2. The molecule has 152 valence electrons. The smallest absolute Gasteiger partial charge is 0.422 e. The molecule has 0 atom stereocenters. The van der Waals surface area contributed by atoms with Crippen LogP contribution in [0.25, 0.3) is 0 Å². The number of hydrogen-bond donors (Lipinski definition) is 1. The average molecular weight is 424 g/mol. The summed E-state index contributed by atoms with van der Waals surface area (Å²) >= 11 is 6.17. The molecule has 29 heavy (non-hydrogen) atoms. The Morgan fingerprint density at radius 1 is 1.17 bits per heavy atom. The summed E-state index contributed by atoms with van der Waals surface area (Å²) in [6.07, 6.45) is -4.45. The van der Waals surface area contributed by atoms with Crippen molar-refractivity contribution >= 4 is 23.3 Å². The van der Waals surface area contributed by atoms with Crippen molar-refractivity contribution in [3.63, 3.8) is 0 Å². The number of halogens is 4. The zero-order valence-corrected chi connectivity index (χ0v) is 16.1. The first kappa shape index (κ1) is 20.7. The van der Waals surface area contributed by atoms with Crippen molar-refractivity contribution in [2.75, 3.05) is 11.9 Å². The van der Waals surface area contributed by atoms with Gasteiger partial charge in [-0.3, -0.25) is 9.48 Å². The number of rotatable bonds is 6. The van der Waals surface area contributed by atoms with Crippen molar-refractivity contribution in [2.45, 2.75) is 19.6 Å². The van der Waals surface area contributed by atoms with E-state index in [4.69, 9.17) is 11.6 Å². The Morgan fingerprint density at radius 3 is 2.66 bits per heavy atom. The highest BCUT2D eigenvalue weighted by Crippen LogP contribution is 2.21. The van der Waals surface area contributed by atoms with Gasteiger partial charge >= 0.3 is 6.18 Å². The molecule has 0 aliphatic carbocycles. The van der Waals surface area contributed by atoms with Gasteiger partial charge in [-0.2, -0.15) is 18.3 Å². The molecule has 3 aromatic rings. The van der Waals surface area contributed by atoms with Gasteiger partial charge in [0.1, 0.15) is 5.75 Å². The van der Waals surface area contributed by atoms with E-state index in [0.717, 1.165) is 11.3 Å². The van der Waals surface area contributed by atoms with E-state index in [0.29, 0.717) is 17.4 Å². The number of anilines is 1. The van der Waals surface area contributed by atoms with Gasteiger partial charge in [-0.25, -0.2) is 0 Å². The Bertz CT molecular complexity index is 1020. The highest BCUT2D eigenvalue weighted by molar-refractivity contribution is 6.31. The first-order valence-electron chi connectivity index (χ1n) is 8.60. The average Bonchev–Trinajstić information content (AvgIpc) is 3.00. The summed E-state index contributed by atoms with van der Waals surface area (Å²) in [4.78, 5) is 12.4. The van der Waals surface area contributed by atoms with Crippen molar-refractivity contribution in [3.05, 3.63) is 76.4 Å². The second kappa shape index (κ2) is 8.57. The minimum Gasteiger partial charge on any atom is -0.484 e. The molecule has 0 aliphatic heterocycles. The number of benzene rings is 2. The van der Waals surface area contributed by atoms with E-state index in [-0.39, 0.29) is 11.3 Å². The molecule has 2 aromatic carbocycles. The van der Waals surface area contributed by atoms with Crippen LogP contribution in [0.5, 0.6) is 5.75 Å². The Labute approximate surface area is 170 Å². The molecule has 5 nitrogen and oxygen atoms in total. The van der Waals surface area contributed by atoms with Gasteiger partial charge in [0, 0.05) is 22.3 Å². The molecule has 0 saturated heterocycles. The largest absolute Gasteiger partial charge is 0.484 e. The lowest BCUT2D eigenvalue weighted by Crippen LogP contribution is -2.19. The number of alkyl halides is 3. The minimum absolute atomic E-state index is 0.0459. The molecule has 0 spiro atoms. The van der Waals surface area contributed by atoms with Crippen LogP contribution in [0.2, 0.25) is 5.02 Å². The van der Waals surface area contributed by atoms with Crippen LogP contribution in [0.15, 0.2) is 54.6 Å². The number of hydrogen-bond acceptors (Lipinski definition) is 3. The van der Waals surface area contributed by atoms with Crippen molar-refractivity contribution in [2.24, 2.45) is 0 Å². The lowest BCUT2D eigenvalue weighted by atomic mass is 10.2. The molecule has 0 aliphatic rings. The Hall–Kier alpha value is -3.00. The van der Waals surface area contributed by atoms with Crippen LogP contribution in [0.4, 0.5) is 19.0 Å². The molecule has 0 radical (unpaired) electrons. The predicted molar refractivity (Wildman–Crippen MR) is 103 cm³/mol. The van der Waals surface area contributed by atoms with Crippen molar-refractivity contribution in [1.29, 1.82) is 0 Å². The van der Waals surface area contributed by atoms with E-state index in [1.54, 1.807) is 16.8 Å². The third-order valence-corrected chi connectivity index (χ3v) is 4.37. The third-order valence-electron chi connectivity index (χ3n) is 4.00. The zero-order chi connectivity index (χ0) is 21.0. The molecule has 1 amide bonds. The molecule has 0 fully saturated rings. The summed E-state index contributed by atoms with van der Waals surface area (Å²) < 4.78 is 43.2. The van der Waals surface area contributed by atoms with Gasteiger partial charge in [0.25, 0.3) is 5.91 Å². The summed E-state index contributed by atoms with van der Waals surface area (Å²) in [6, 6.07) is 14.6. The summed E-state index contributed by atoms with van der Waals surface area (Å²) in [5.74, 6) is -0.235. The SMILES string of the molecule is Cc1cc(NC(=O)c2cccc(OCC(F)(F)F)c2)nn1Cc1ccccc1Cl. The highest BCUT2D eigenvalue weighted by atomic mass is 35.5. The lowest BCUT2D eigenvalue weighted by Gasteiger charge is -2.10. The number of amides is 1. The standard InChI is InChI=1S/C20H17ClF3N3O2/c1-13-9-18(26-27(13)11-15-5-2-3-8-17(15)21)25-19(28)14-6-4-7-16(10-14)29-12-20(22,23)24/h2-10H,11-12H2,1H3,(H,25,26,28). The van der Waals surface area contributed by atoms with Crippen LogP contribution in [-0.4, -0.2) is 28.5 Å². The summed E-state index contributed by atoms with van der Waals surface area (Å²) in [5.41, 5.74) is 1.85. The van der Waals surface area contributed by atoms with E-state index >= 15 is 0 Å². The molecule has 0 bridgehead atoms. The maximum atomic E-state index is 12.4. The zero-order valence-electron chi connectivity index (χ0n) is 15.3. The molecule has 3 rings (SSSR count). The number of carbonyl (C=O) groups is 1. The van der Waals surface area contributed by atoms with Gasteiger partial charge in [0.05, 0.1) is 6.54 Å². The van der Waals surface area contributed by atoms with E-state index in [1.807, 2.05) is 25.1 Å². The second-order valence-corrected chi connectivity index (χ2v) is 6.71. The van der Waals surface area contributed by atoms with Gasteiger partial charge in [0.2, 0.25) is 0 Å². The van der Waals surface area contributed by atoms with Crippen LogP contribution in [-0.2, 0) is 6.54 Å². The van der Waals surface area contributed by atoms with Gasteiger partial charge in [-0.05, 0) is 36.8 Å². The van der Waals surface area contributed by atoms with Gasteiger partial charge in [0.15, 0.2) is 12.4 Å². The fourth-order valence-electron chi connectivity index (χ4n) is 2.60. The monoisotopic (exact) mass is 423 g/mol. The molecule has 9 heteroatoms. The number of nitrogens with one attached hydrogen (secondary N) is 1. The molecule has 1 N–H and O–H groups in total. The quantitative estimate of drug-likeness (QED) is 0.601. The third kappa shape index (κ3) is 5.74. The van der Waals surface area contributed by atoms with E-state index < -0.39 is 18.7 Å². The number of aromatic nitrogens is 2. The fraction of sp³-hybridized carbons (Fsp3) is 0.200. The topological polar surface area (TPSA) is 56.1 Å². The first-order valence-corrected chi connectivity index (χ1v) is 8.98. The summed E-state index contributed by atoms with van der Waals surface area (Å²) in [6.45, 7) is 0.844. The van der Waals surface area contributed by atoms with Gasteiger partial charge in [-0.1, -0.05) is 35.9 Å². The number of carbonyl (C=O) groups excluding carboxylic acids is 1. The van der Waals surface area contributed by atoms with E-state index in [9.17, 15) is 18.0 Å². The van der Waals surface area contributed by atoms with E-state index in [1.165, 1.54) is 24.3 Å². The molecular formula is C20H17ClF3N3O2. The number of aryl methyl sites for hydroxylation is 1. The fourth-order valence-corrected chi connectivity index (χ4v) is 2.80. The van der Waals surface area contributed by atoms with Crippen molar-refractivity contribution in [1.82, 2.24) is 9.78 Å². The van der Waals surface area contributed by atoms with Crippen LogP contribution >= 0.6 is 11.6 Å². The Morgan fingerprint density at radius 2 is 1.93 bits per heavy atom. The van der Waals surface area contributed by atoms with Gasteiger partial charge < -0.3 is 10.1 Å². The summed E-state index contributed by atoms with van der Waals surface area (Å²) in [5, 5.41) is 7.60.